The highest BCUT2D eigenvalue weighted by atomic mass is 32.1. The van der Waals surface area contributed by atoms with Gasteiger partial charge in [0.1, 0.15) is 5.00 Å². The quantitative estimate of drug-likeness (QED) is 0.283. The van der Waals surface area contributed by atoms with Crippen molar-refractivity contribution in [1.82, 2.24) is 5.32 Å². The Labute approximate surface area is 238 Å². The van der Waals surface area contributed by atoms with E-state index in [1.807, 2.05) is 11.3 Å². The van der Waals surface area contributed by atoms with Gasteiger partial charge in [0.25, 0.3) is 0 Å². The Kier molecular flexibility index (Phi) is 5.66. The molecule has 40 heavy (non-hydrogen) atoms. The monoisotopic (exact) mass is 535 g/mol. The zero-order valence-electron chi connectivity index (χ0n) is 22.2. The fourth-order valence-corrected chi connectivity index (χ4v) is 7.57. The van der Waals surface area contributed by atoms with E-state index in [1.165, 1.54) is 48.6 Å². The number of aliphatic imine (C=N–C) groups is 1. The van der Waals surface area contributed by atoms with Crippen molar-refractivity contribution >= 4 is 43.4 Å². The fraction of sp³-hybridized carbons (Fsp3) is 0.139. The van der Waals surface area contributed by atoms with Crippen LogP contribution in [0.5, 0.6) is 0 Å². The van der Waals surface area contributed by atoms with Gasteiger partial charge in [0.2, 0.25) is 0 Å². The van der Waals surface area contributed by atoms with E-state index in [4.69, 9.17) is 4.99 Å². The number of rotatable bonds is 3. The smallest absolute Gasteiger partial charge is 0.162 e. The van der Waals surface area contributed by atoms with E-state index in [1.54, 1.807) is 0 Å². The number of hydrogen-bond acceptors (Lipinski definition) is 4. The van der Waals surface area contributed by atoms with E-state index in [0.29, 0.717) is 6.54 Å². The van der Waals surface area contributed by atoms with Gasteiger partial charge in [-0.25, -0.2) is 4.99 Å². The van der Waals surface area contributed by atoms with Crippen LogP contribution in [-0.4, -0.2) is 12.3 Å². The van der Waals surface area contributed by atoms with Gasteiger partial charge in [-0.1, -0.05) is 103 Å². The first-order valence-electron chi connectivity index (χ1n) is 14.2. The standard InChI is InChI=1S/C36H29N3S/c1-3-13-24(14-4-1)30-23-37-34(25-15-5-2-6-16-25)35(38-30)39-31-21-11-9-18-27(31)26-17-7-8-19-28(26)33-29-20-10-12-22-32(29)40-36(33)39/h2-3,5-10,12-20,22,37H,1,4,11,21,23H2. The molecule has 0 saturated heterocycles. The third-order valence-corrected chi connectivity index (χ3v) is 9.34. The molecule has 0 bridgehead atoms. The number of anilines is 1. The zero-order chi connectivity index (χ0) is 26.5. The molecule has 0 saturated carbocycles. The van der Waals surface area contributed by atoms with E-state index in [2.05, 4.69) is 119 Å². The minimum Gasteiger partial charge on any atom is -0.376 e. The number of benzene rings is 3. The maximum atomic E-state index is 5.54. The van der Waals surface area contributed by atoms with Crippen LogP contribution in [0, 0.1) is 0 Å². The SMILES string of the molecule is C1=CC(C2=NC(N3C4=C(C=CCC4)c4ccccc4-c4c3sc3ccccc43)=C(c3ccccc3)NC2)=CCC1. The zero-order valence-corrected chi connectivity index (χ0v) is 23.0. The normalized spacial score (nSPS) is 18.1. The first kappa shape index (κ1) is 23.5. The molecular formula is C36H29N3S. The summed E-state index contributed by atoms with van der Waals surface area (Å²) in [5.41, 5.74) is 11.1. The maximum absolute atomic E-state index is 5.54. The average Bonchev–Trinajstić information content (AvgIpc) is 3.36. The number of nitrogens with one attached hydrogen (secondary N) is 1. The van der Waals surface area contributed by atoms with Crippen molar-refractivity contribution in [3.8, 4) is 11.1 Å². The highest BCUT2D eigenvalue weighted by molar-refractivity contribution is 7.23. The van der Waals surface area contributed by atoms with Crippen LogP contribution in [0.3, 0.4) is 0 Å². The van der Waals surface area contributed by atoms with Crippen LogP contribution in [0.25, 0.3) is 32.5 Å². The molecule has 3 nitrogen and oxygen atoms in total. The van der Waals surface area contributed by atoms with Gasteiger partial charge < -0.3 is 5.32 Å². The Morgan fingerprint density at radius 2 is 1.57 bits per heavy atom. The van der Waals surface area contributed by atoms with Gasteiger partial charge in [0.05, 0.1) is 18.0 Å². The second kappa shape index (κ2) is 9.65. The first-order chi connectivity index (χ1) is 19.9. The molecule has 1 aromatic heterocycles. The summed E-state index contributed by atoms with van der Waals surface area (Å²) in [7, 11) is 0. The van der Waals surface area contributed by atoms with Gasteiger partial charge >= 0.3 is 0 Å². The Bertz CT molecular complexity index is 1850. The molecule has 0 radical (unpaired) electrons. The molecule has 2 aliphatic carbocycles. The van der Waals surface area contributed by atoms with Crippen LogP contribution >= 0.6 is 11.3 Å². The number of nitrogens with zero attached hydrogens (tertiary/aromatic N) is 2. The predicted octanol–water partition coefficient (Wildman–Crippen LogP) is 9.10. The summed E-state index contributed by atoms with van der Waals surface area (Å²) in [5.74, 6) is 0.982. The van der Waals surface area contributed by atoms with Crippen molar-refractivity contribution in [3.05, 3.63) is 137 Å². The highest BCUT2D eigenvalue weighted by Gasteiger charge is 2.34. The Morgan fingerprint density at radius 1 is 0.775 bits per heavy atom. The highest BCUT2D eigenvalue weighted by Crippen LogP contribution is 2.54. The molecule has 8 rings (SSSR count). The molecule has 4 heteroatoms. The van der Waals surface area contributed by atoms with Crippen molar-refractivity contribution in [2.75, 3.05) is 11.4 Å². The van der Waals surface area contributed by atoms with Crippen LogP contribution in [0.2, 0.25) is 0 Å². The molecule has 0 spiro atoms. The molecule has 3 heterocycles. The third-order valence-electron chi connectivity index (χ3n) is 8.18. The molecule has 0 fully saturated rings. The summed E-state index contributed by atoms with van der Waals surface area (Å²) in [6.07, 6.45) is 15.6. The molecule has 0 atom stereocenters. The summed E-state index contributed by atoms with van der Waals surface area (Å²) in [4.78, 5) is 8.04. The molecule has 4 aliphatic rings. The van der Waals surface area contributed by atoms with Crippen LogP contribution in [0.15, 0.2) is 131 Å². The van der Waals surface area contributed by atoms with Crippen molar-refractivity contribution in [2.45, 2.75) is 25.7 Å². The average molecular weight is 536 g/mol. The Balaban J connectivity index is 1.47. The van der Waals surface area contributed by atoms with Gasteiger partial charge in [-0.2, -0.15) is 0 Å². The minimum atomic E-state index is 0.711. The molecular weight excluding hydrogens is 506 g/mol. The number of hydrogen-bond donors (Lipinski definition) is 1. The van der Waals surface area contributed by atoms with Gasteiger partial charge in [-0.15, -0.1) is 11.3 Å². The number of fused-ring (bicyclic) bond motifs is 6. The van der Waals surface area contributed by atoms with E-state index in [-0.39, 0.29) is 0 Å². The van der Waals surface area contributed by atoms with Crippen LogP contribution < -0.4 is 10.2 Å². The van der Waals surface area contributed by atoms with Crippen molar-refractivity contribution in [2.24, 2.45) is 4.99 Å². The second-order valence-electron chi connectivity index (χ2n) is 10.6. The first-order valence-corrected chi connectivity index (χ1v) is 15.0. The molecule has 194 valence electrons. The van der Waals surface area contributed by atoms with Gasteiger partial charge in [0.15, 0.2) is 5.82 Å². The topological polar surface area (TPSA) is 27.6 Å². The van der Waals surface area contributed by atoms with Gasteiger partial charge in [-0.3, -0.25) is 4.90 Å². The minimum absolute atomic E-state index is 0.711. The van der Waals surface area contributed by atoms with Crippen molar-refractivity contribution in [1.29, 1.82) is 0 Å². The van der Waals surface area contributed by atoms with E-state index >= 15 is 0 Å². The summed E-state index contributed by atoms with van der Waals surface area (Å²) in [5, 5.41) is 6.38. The third kappa shape index (κ3) is 3.75. The summed E-state index contributed by atoms with van der Waals surface area (Å²) in [6.45, 7) is 0.711. The molecule has 1 N–H and O–H groups in total. The van der Waals surface area contributed by atoms with Crippen LogP contribution in [0.1, 0.15) is 36.8 Å². The summed E-state index contributed by atoms with van der Waals surface area (Å²) < 4.78 is 1.30. The van der Waals surface area contributed by atoms with E-state index in [0.717, 1.165) is 48.5 Å². The predicted molar refractivity (Wildman–Crippen MR) is 170 cm³/mol. The lowest BCUT2D eigenvalue weighted by Gasteiger charge is -2.33. The van der Waals surface area contributed by atoms with Crippen LogP contribution in [-0.2, 0) is 0 Å². The fourth-order valence-electron chi connectivity index (χ4n) is 6.33. The lowest BCUT2D eigenvalue weighted by Crippen LogP contribution is -2.34. The van der Waals surface area contributed by atoms with E-state index in [9.17, 15) is 0 Å². The summed E-state index contributed by atoms with van der Waals surface area (Å²) in [6, 6.07) is 28.5. The summed E-state index contributed by atoms with van der Waals surface area (Å²) >= 11 is 1.88. The largest absolute Gasteiger partial charge is 0.376 e. The lowest BCUT2D eigenvalue weighted by atomic mass is 9.91. The Hall–Kier alpha value is -4.41. The van der Waals surface area contributed by atoms with Crippen molar-refractivity contribution in [3.63, 3.8) is 0 Å². The number of thiophene rings is 1. The second-order valence-corrected chi connectivity index (χ2v) is 11.6. The molecule has 0 amide bonds. The van der Waals surface area contributed by atoms with Crippen LogP contribution in [0.4, 0.5) is 5.00 Å². The Morgan fingerprint density at radius 3 is 2.45 bits per heavy atom. The molecule has 3 aromatic carbocycles. The molecule has 0 unspecified atom stereocenters. The molecule has 2 aliphatic heterocycles. The van der Waals surface area contributed by atoms with Gasteiger partial charge in [0, 0.05) is 32.5 Å². The van der Waals surface area contributed by atoms with E-state index < -0.39 is 0 Å². The molecule has 4 aromatic rings. The number of allylic oxidation sites excluding steroid dienone is 7. The van der Waals surface area contributed by atoms with Crippen molar-refractivity contribution < 1.29 is 0 Å². The van der Waals surface area contributed by atoms with Gasteiger partial charge in [-0.05, 0) is 48.4 Å². The lowest BCUT2D eigenvalue weighted by molar-refractivity contribution is 0.877. The maximum Gasteiger partial charge on any atom is 0.162 e.